The van der Waals surface area contributed by atoms with Crippen molar-refractivity contribution in [2.45, 2.75) is 37.5 Å². The molecular formula is C16H19F4N3O. The number of carbonyl (C=O) groups is 1. The molecule has 3 atom stereocenters. The zero-order valence-electron chi connectivity index (χ0n) is 12.9. The highest BCUT2D eigenvalue weighted by Gasteiger charge is 2.42. The quantitative estimate of drug-likeness (QED) is 0.828. The van der Waals surface area contributed by atoms with Gasteiger partial charge in [-0.2, -0.15) is 13.2 Å². The molecule has 8 heteroatoms. The van der Waals surface area contributed by atoms with Crippen LogP contribution in [0.25, 0.3) is 0 Å². The van der Waals surface area contributed by atoms with Gasteiger partial charge in [0.1, 0.15) is 5.82 Å². The summed E-state index contributed by atoms with van der Waals surface area (Å²) in [5.74, 6) is -0.909. The number of piperidine rings is 1. The van der Waals surface area contributed by atoms with Gasteiger partial charge < -0.3 is 4.90 Å². The number of amides is 1. The van der Waals surface area contributed by atoms with Crippen molar-refractivity contribution in [2.75, 3.05) is 13.1 Å². The molecule has 0 spiro atoms. The van der Waals surface area contributed by atoms with Crippen LogP contribution < -0.4 is 10.9 Å². The molecule has 2 aliphatic heterocycles. The van der Waals surface area contributed by atoms with E-state index in [0.29, 0.717) is 25.1 Å². The first kappa shape index (κ1) is 17.2. The summed E-state index contributed by atoms with van der Waals surface area (Å²) in [6, 6.07) is 6.16. The van der Waals surface area contributed by atoms with Crippen molar-refractivity contribution in [1.82, 2.24) is 15.8 Å². The number of alkyl halides is 3. The van der Waals surface area contributed by atoms with Crippen molar-refractivity contribution in [2.24, 2.45) is 5.92 Å². The maximum Gasteiger partial charge on any atom is 0.389 e. The van der Waals surface area contributed by atoms with E-state index in [9.17, 15) is 22.4 Å². The van der Waals surface area contributed by atoms with Gasteiger partial charge in [-0.15, -0.1) is 0 Å². The average molecular weight is 345 g/mol. The molecule has 1 aromatic carbocycles. The Bertz CT molecular complexity index is 607. The van der Waals surface area contributed by atoms with Crippen LogP contribution in [0.15, 0.2) is 24.3 Å². The molecule has 132 valence electrons. The Morgan fingerprint density at radius 1 is 1.25 bits per heavy atom. The lowest BCUT2D eigenvalue weighted by Crippen LogP contribution is -2.48. The summed E-state index contributed by atoms with van der Waals surface area (Å²) in [7, 11) is 0. The van der Waals surface area contributed by atoms with Gasteiger partial charge >= 0.3 is 6.18 Å². The molecule has 2 N–H and O–H groups in total. The van der Waals surface area contributed by atoms with Crippen molar-refractivity contribution < 1.29 is 22.4 Å². The van der Waals surface area contributed by atoms with E-state index < -0.39 is 24.9 Å². The van der Waals surface area contributed by atoms with E-state index in [0.717, 1.165) is 0 Å². The van der Waals surface area contributed by atoms with E-state index in [-0.39, 0.29) is 23.8 Å². The van der Waals surface area contributed by atoms with Gasteiger partial charge in [-0.1, -0.05) is 18.2 Å². The molecule has 0 radical (unpaired) electrons. The fraction of sp³-hybridized carbons (Fsp3) is 0.562. The standard InChI is InChI=1S/C16H19F4N3O/c17-12-4-2-1-3-10(12)15-11-9-23(8-6-13(11)21-22-15)14(24)5-7-16(18,19)20/h1-4,11,13,15,21-22H,5-9H2. The largest absolute Gasteiger partial charge is 0.389 e. The van der Waals surface area contributed by atoms with Gasteiger partial charge in [0.05, 0.1) is 12.5 Å². The van der Waals surface area contributed by atoms with Crippen LogP contribution in [0.4, 0.5) is 17.6 Å². The molecule has 3 unspecified atom stereocenters. The monoisotopic (exact) mass is 345 g/mol. The summed E-state index contributed by atoms with van der Waals surface area (Å²) >= 11 is 0. The fourth-order valence-electron chi connectivity index (χ4n) is 3.47. The second-order valence-corrected chi connectivity index (χ2v) is 6.30. The van der Waals surface area contributed by atoms with Gasteiger partial charge in [-0.3, -0.25) is 10.2 Å². The molecule has 1 amide bonds. The fourth-order valence-corrected chi connectivity index (χ4v) is 3.47. The predicted molar refractivity (Wildman–Crippen MR) is 79.2 cm³/mol. The summed E-state index contributed by atoms with van der Waals surface area (Å²) in [4.78, 5) is 13.5. The Morgan fingerprint density at radius 3 is 2.71 bits per heavy atom. The van der Waals surface area contributed by atoms with Crippen LogP contribution in [-0.2, 0) is 4.79 Å². The number of fused-ring (bicyclic) bond motifs is 1. The van der Waals surface area contributed by atoms with Crippen LogP contribution in [0.2, 0.25) is 0 Å². The first-order chi connectivity index (χ1) is 11.3. The molecule has 0 aliphatic carbocycles. The van der Waals surface area contributed by atoms with E-state index in [1.54, 1.807) is 18.2 Å². The number of hydrazine groups is 1. The third kappa shape index (κ3) is 3.70. The average Bonchev–Trinajstić information content (AvgIpc) is 2.95. The minimum absolute atomic E-state index is 0.0706. The van der Waals surface area contributed by atoms with Gasteiger partial charge in [0, 0.05) is 37.0 Å². The minimum Gasteiger partial charge on any atom is -0.342 e. The number of likely N-dealkylation sites (tertiary alicyclic amines) is 1. The van der Waals surface area contributed by atoms with E-state index in [2.05, 4.69) is 10.9 Å². The van der Waals surface area contributed by atoms with Crippen molar-refractivity contribution in [3.05, 3.63) is 35.6 Å². The lowest BCUT2D eigenvalue weighted by atomic mass is 9.85. The lowest BCUT2D eigenvalue weighted by Gasteiger charge is -2.36. The van der Waals surface area contributed by atoms with E-state index in [4.69, 9.17) is 0 Å². The van der Waals surface area contributed by atoms with Gasteiger partial charge in [0.15, 0.2) is 0 Å². The summed E-state index contributed by atoms with van der Waals surface area (Å²) in [5, 5.41) is 0. The minimum atomic E-state index is -4.33. The predicted octanol–water partition coefficient (Wildman–Crippen LogP) is 2.53. The van der Waals surface area contributed by atoms with Crippen LogP contribution in [0.5, 0.6) is 0 Å². The number of rotatable bonds is 3. The first-order valence-corrected chi connectivity index (χ1v) is 7.95. The number of nitrogens with zero attached hydrogens (tertiary/aromatic N) is 1. The number of hydrogen-bond donors (Lipinski definition) is 2. The zero-order chi connectivity index (χ0) is 17.3. The van der Waals surface area contributed by atoms with Crippen molar-refractivity contribution in [3.63, 3.8) is 0 Å². The molecule has 0 saturated carbocycles. The molecule has 4 nitrogen and oxygen atoms in total. The van der Waals surface area contributed by atoms with Crippen LogP contribution >= 0.6 is 0 Å². The number of halogens is 4. The second kappa shape index (κ2) is 6.68. The van der Waals surface area contributed by atoms with Crippen LogP contribution in [0, 0.1) is 11.7 Å². The highest BCUT2D eigenvalue weighted by atomic mass is 19.4. The Balaban J connectivity index is 1.68. The molecule has 24 heavy (non-hydrogen) atoms. The molecule has 0 bridgehead atoms. The first-order valence-electron chi connectivity index (χ1n) is 7.95. The summed E-state index contributed by atoms with van der Waals surface area (Å²) in [6.45, 7) is 0.733. The molecule has 2 heterocycles. The highest BCUT2D eigenvalue weighted by Crippen LogP contribution is 2.35. The summed E-state index contributed by atoms with van der Waals surface area (Å²) in [5.41, 5.74) is 6.68. The molecule has 0 aromatic heterocycles. The highest BCUT2D eigenvalue weighted by molar-refractivity contribution is 5.76. The summed E-state index contributed by atoms with van der Waals surface area (Å²) < 4.78 is 50.9. The number of carbonyl (C=O) groups excluding carboxylic acids is 1. The number of nitrogens with one attached hydrogen (secondary N) is 2. The Hall–Kier alpha value is -1.67. The van der Waals surface area contributed by atoms with Gasteiger partial charge in [0.2, 0.25) is 5.91 Å². The second-order valence-electron chi connectivity index (χ2n) is 6.30. The van der Waals surface area contributed by atoms with Gasteiger partial charge in [0.25, 0.3) is 0 Å². The molecule has 2 fully saturated rings. The van der Waals surface area contributed by atoms with Crippen molar-refractivity contribution in [3.8, 4) is 0 Å². The summed E-state index contributed by atoms with van der Waals surface area (Å²) in [6.07, 6.45) is -5.35. The van der Waals surface area contributed by atoms with Crippen molar-refractivity contribution in [1.29, 1.82) is 0 Å². The number of hydrogen-bond acceptors (Lipinski definition) is 3. The topological polar surface area (TPSA) is 44.4 Å². The number of benzene rings is 1. The molecule has 2 saturated heterocycles. The van der Waals surface area contributed by atoms with E-state index in [1.807, 2.05) is 0 Å². The van der Waals surface area contributed by atoms with Gasteiger partial charge in [-0.05, 0) is 12.5 Å². The molecular weight excluding hydrogens is 326 g/mol. The van der Waals surface area contributed by atoms with Gasteiger partial charge in [-0.25, -0.2) is 9.82 Å². The third-order valence-electron chi connectivity index (χ3n) is 4.73. The maximum absolute atomic E-state index is 14.0. The SMILES string of the molecule is O=C(CCC(F)(F)F)N1CCC2NNC(c3ccccc3F)C2C1. The maximum atomic E-state index is 14.0. The Kier molecular flexibility index (Phi) is 4.78. The molecule has 1 aromatic rings. The van der Waals surface area contributed by atoms with E-state index >= 15 is 0 Å². The van der Waals surface area contributed by atoms with Crippen LogP contribution in [0.1, 0.15) is 30.9 Å². The third-order valence-corrected chi connectivity index (χ3v) is 4.73. The smallest absolute Gasteiger partial charge is 0.342 e. The van der Waals surface area contributed by atoms with E-state index in [1.165, 1.54) is 11.0 Å². The molecule has 3 rings (SSSR count). The Morgan fingerprint density at radius 2 is 2.00 bits per heavy atom. The van der Waals surface area contributed by atoms with Crippen LogP contribution in [-0.4, -0.2) is 36.1 Å². The lowest BCUT2D eigenvalue weighted by molar-refractivity contribution is -0.150. The normalized spacial score (nSPS) is 27.2. The Labute approximate surface area is 137 Å². The zero-order valence-corrected chi connectivity index (χ0v) is 12.9. The van der Waals surface area contributed by atoms with Crippen molar-refractivity contribution >= 4 is 5.91 Å². The molecule has 2 aliphatic rings. The van der Waals surface area contributed by atoms with Crippen LogP contribution in [0.3, 0.4) is 0 Å².